The molecule has 0 radical (unpaired) electrons. The van der Waals surface area contributed by atoms with Crippen LogP contribution in [-0.2, 0) is 7.05 Å². The molecule has 1 aromatic carbocycles. The minimum Gasteiger partial charge on any atom is -0.478 e. The van der Waals surface area contributed by atoms with Gasteiger partial charge in [0.1, 0.15) is 11.4 Å². The summed E-state index contributed by atoms with van der Waals surface area (Å²) in [5, 5.41) is 11.5. The number of aromatic nitrogens is 1. The fraction of sp³-hybridized carbons (Fsp3) is 0.0769. The average Bonchev–Trinajstić information content (AvgIpc) is 2.41. The van der Waals surface area contributed by atoms with Crippen molar-refractivity contribution in [1.29, 1.82) is 0 Å². The Labute approximate surface area is 122 Å². The Bertz CT molecular complexity index is 790. The molecule has 110 valence electrons. The second-order valence-corrected chi connectivity index (χ2v) is 4.64. The predicted octanol–water partition coefficient (Wildman–Crippen LogP) is 2.76. The van der Waals surface area contributed by atoms with Gasteiger partial charge >= 0.3 is 5.97 Å². The average molecular weight is 315 g/mol. The molecule has 2 aromatic rings. The van der Waals surface area contributed by atoms with E-state index >= 15 is 0 Å². The second-order valence-electron chi connectivity index (χ2n) is 4.20. The molecule has 5 nitrogen and oxygen atoms in total. The first-order chi connectivity index (χ1) is 9.81. The van der Waals surface area contributed by atoms with Crippen molar-refractivity contribution in [3.8, 4) is 0 Å². The molecular weight excluding hydrogens is 306 g/mol. The summed E-state index contributed by atoms with van der Waals surface area (Å²) in [6, 6.07) is 3.52. The Kier molecular flexibility index (Phi) is 3.95. The highest BCUT2D eigenvalue weighted by Crippen LogP contribution is 2.26. The van der Waals surface area contributed by atoms with E-state index in [1.54, 1.807) is 0 Å². The highest BCUT2D eigenvalue weighted by molar-refractivity contribution is 6.30. The van der Waals surface area contributed by atoms with Crippen LogP contribution in [0.2, 0.25) is 5.02 Å². The zero-order valence-corrected chi connectivity index (χ0v) is 11.4. The molecule has 0 aliphatic carbocycles. The lowest BCUT2D eigenvalue weighted by molar-refractivity contribution is 0.0696. The van der Waals surface area contributed by atoms with Gasteiger partial charge in [-0.15, -0.1) is 0 Å². The van der Waals surface area contributed by atoms with Crippen molar-refractivity contribution < 1.29 is 18.7 Å². The summed E-state index contributed by atoms with van der Waals surface area (Å²) in [6.45, 7) is 0. The van der Waals surface area contributed by atoms with Crippen molar-refractivity contribution in [3.05, 3.63) is 57.0 Å². The molecule has 1 aromatic heterocycles. The number of hydrogen-bond acceptors (Lipinski definition) is 3. The second kappa shape index (κ2) is 5.53. The number of aromatic carboxylic acids is 1. The van der Waals surface area contributed by atoms with Crippen molar-refractivity contribution >= 4 is 28.9 Å². The van der Waals surface area contributed by atoms with Gasteiger partial charge in [0.05, 0.1) is 11.4 Å². The lowest BCUT2D eigenvalue weighted by Crippen LogP contribution is -2.24. The van der Waals surface area contributed by atoms with Gasteiger partial charge in [-0.2, -0.15) is 4.39 Å². The van der Waals surface area contributed by atoms with E-state index in [9.17, 15) is 18.4 Å². The highest BCUT2D eigenvalue weighted by atomic mass is 35.5. The lowest BCUT2D eigenvalue weighted by Gasteiger charge is -2.12. The number of hydrogen-bond donors (Lipinski definition) is 2. The van der Waals surface area contributed by atoms with Crippen molar-refractivity contribution in [1.82, 2.24) is 4.57 Å². The molecule has 1 heterocycles. The van der Waals surface area contributed by atoms with Crippen LogP contribution in [0.4, 0.5) is 20.2 Å². The molecule has 0 saturated heterocycles. The third kappa shape index (κ3) is 2.87. The van der Waals surface area contributed by atoms with Crippen LogP contribution in [0.25, 0.3) is 0 Å². The van der Waals surface area contributed by atoms with Gasteiger partial charge in [-0.1, -0.05) is 11.6 Å². The van der Waals surface area contributed by atoms with Gasteiger partial charge < -0.3 is 15.0 Å². The number of halogens is 3. The minimum atomic E-state index is -1.46. The first kappa shape index (κ1) is 15.0. The van der Waals surface area contributed by atoms with Gasteiger partial charge in [-0.3, -0.25) is 4.79 Å². The van der Waals surface area contributed by atoms with E-state index in [1.807, 2.05) is 0 Å². The molecule has 2 N–H and O–H groups in total. The number of aryl methyl sites for hydroxylation is 1. The Hall–Kier alpha value is -2.41. The third-order valence-electron chi connectivity index (χ3n) is 2.74. The van der Waals surface area contributed by atoms with Gasteiger partial charge in [-0.05, 0) is 18.2 Å². The van der Waals surface area contributed by atoms with Gasteiger partial charge in [0.2, 0.25) is 5.82 Å². The van der Waals surface area contributed by atoms with Crippen molar-refractivity contribution in [2.75, 3.05) is 5.32 Å². The maximum absolute atomic E-state index is 14.0. The molecular formula is C13H9ClF2N2O3. The number of benzene rings is 1. The summed E-state index contributed by atoms with van der Waals surface area (Å²) < 4.78 is 28.4. The van der Waals surface area contributed by atoms with Crippen molar-refractivity contribution in [3.63, 3.8) is 0 Å². The van der Waals surface area contributed by atoms with Gasteiger partial charge in [0, 0.05) is 18.3 Å². The summed E-state index contributed by atoms with van der Waals surface area (Å²) in [7, 11) is 1.21. The number of carbonyl (C=O) groups is 1. The van der Waals surface area contributed by atoms with Gasteiger partial charge in [0.25, 0.3) is 5.56 Å². The maximum atomic E-state index is 14.0. The molecule has 0 atom stereocenters. The van der Waals surface area contributed by atoms with Crippen LogP contribution >= 0.6 is 11.6 Å². The van der Waals surface area contributed by atoms with E-state index in [1.165, 1.54) is 19.2 Å². The molecule has 2 rings (SSSR count). The molecule has 0 spiro atoms. The van der Waals surface area contributed by atoms with E-state index in [0.717, 1.165) is 16.8 Å². The number of pyridine rings is 1. The van der Waals surface area contributed by atoms with Gasteiger partial charge in [-0.25, -0.2) is 9.18 Å². The molecule has 0 fully saturated rings. The number of carboxylic acid groups (broad SMARTS) is 1. The molecule has 0 bridgehead atoms. The molecule has 0 unspecified atom stereocenters. The summed E-state index contributed by atoms with van der Waals surface area (Å²) >= 11 is 5.59. The molecule has 0 aliphatic heterocycles. The number of nitrogens with zero attached hydrogens (tertiary/aromatic N) is 1. The molecule has 0 aliphatic rings. The van der Waals surface area contributed by atoms with Crippen LogP contribution in [-0.4, -0.2) is 15.6 Å². The van der Waals surface area contributed by atoms with Crippen LogP contribution in [0.1, 0.15) is 10.4 Å². The molecule has 21 heavy (non-hydrogen) atoms. The number of anilines is 2. The van der Waals surface area contributed by atoms with Crippen molar-refractivity contribution in [2.24, 2.45) is 7.05 Å². The number of nitrogens with one attached hydrogen (secondary N) is 1. The molecule has 0 saturated carbocycles. The number of rotatable bonds is 3. The smallest absolute Gasteiger partial charge is 0.339 e. The topological polar surface area (TPSA) is 71.3 Å². The zero-order valence-electron chi connectivity index (χ0n) is 10.7. The Morgan fingerprint density at radius 3 is 2.62 bits per heavy atom. The fourth-order valence-corrected chi connectivity index (χ4v) is 1.87. The Morgan fingerprint density at radius 2 is 2.05 bits per heavy atom. The third-order valence-corrected chi connectivity index (χ3v) is 2.98. The van der Waals surface area contributed by atoms with Crippen LogP contribution in [0.15, 0.2) is 29.2 Å². The van der Waals surface area contributed by atoms with Crippen LogP contribution in [0.5, 0.6) is 0 Å². The Balaban J connectivity index is 2.60. The lowest BCUT2D eigenvalue weighted by atomic mass is 10.2. The highest BCUT2D eigenvalue weighted by Gasteiger charge is 2.20. The van der Waals surface area contributed by atoms with E-state index in [4.69, 9.17) is 16.7 Å². The normalized spacial score (nSPS) is 10.5. The van der Waals surface area contributed by atoms with E-state index in [0.29, 0.717) is 0 Å². The maximum Gasteiger partial charge on any atom is 0.339 e. The minimum absolute atomic E-state index is 0.126. The monoisotopic (exact) mass is 314 g/mol. The summed E-state index contributed by atoms with van der Waals surface area (Å²) in [6.07, 6.45) is 0.948. The van der Waals surface area contributed by atoms with Crippen LogP contribution < -0.4 is 10.9 Å². The standard InChI is InChI=1S/C13H9ClF2N2O3/c1-18-5-7(13(20)21)11(10(16)12(18)19)17-9-3-2-6(14)4-8(9)15/h2-5,17H,1H3,(H,20,21). The fourth-order valence-electron chi connectivity index (χ4n) is 1.71. The summed E-state index contributed by atoms with van der Waals surface area (Å²) in [5.74, 6) is -3.58. The van der Waals surface area contributed by atoms with Crippen LogP contribution in [0, 0.1) is 11.6 Å². The largest absolute Gasteiger partial charge is 0.478 e. The van der Waals surface area contributed by atoms with Crippen LogP contribution in [0.3, 0.4) is 0 Å². The predicted molar refractivity (Wildman–Crippen MR) is 73.3 cm³/mol. The van der Waals surface area contributed by atoms with Gasteiger partial charge in [0.15, 0.2) is 0 Å². The first-order valence-electron chi connectivity index (χ1n) is 5.65. The van der Waals surface area contributed by atoms with Crippen molar-refractivity contribution in [2.45, 2.75) is 0 Å². The summed E-state index contributed by atoms with van der Waals surface area (Å²) in [4.78, 5) is 22.7. The summed E-state index contributed by atoms with van der Waals surface area (Å²) in [5.41, 5.74) is -2.33. The van der Waals surface area contributed by atoms with E-state index in [-0.39, 0.29) is 10.7 Å². The SMILES string of the molecule is Cn1cc(C(=O)O)c(Nc2ccc(Cl)cc2F)c(F)c1=O. The molecule has 8 heteroatoms. The Morgan fingerprint density at radius 1 is 1.38 bits per heavy atom. The first-order valence-corrected chi connectivity index (χ1v) is 6.03. The quantitative estimate of drug-likeness (QED) is 0.914. The zero-order chi connectivity index (χ0) is 15.7. The van der Waals surface area contributed by atoms with E-state index in [2.05, 4.69) is 5.32 Å². The number of carboxylic acids is 1. The van der Waals surface area contributed by atoms with E-state index < -0.39 is 34.4 Å². The molecule has 0 amide bonds.